The number of anilines is 1. The Kier molecular flexibility index (Phi) is 7.18. The Balaban J connectivity index is 1.56. The lowest BCUT2D eigenvalue weighted by Gasteiger charge is -2.25. The highest BCUT2D eigenvalue weighted by Crippen LogP contribution is 2.21. The van der Waals surface area contributed by atoms with Gasteiger partial charge in [-0.15, -0.1) is 11.3 Å². The van der Waals surface area contributed by atoms with Crippen molar-refractivity contribution < 1.29 is 23.8 Å². The van der Waals surface area contributed by atoms with Crippen molar-refractivity contribution in [1.82, 2.24) is 15.8 Å². The molecule has 2 aromatic rings. The average Bonchev–Trinajstić information content (AvgIpc) is 3.23. The van der Waals surface area contributed by atoms with E-state index in [1.807, 2.05) is 0 Å². The molecule has 1 aromatic heterocycles. The first kappa shape index (κ1) is 20.1. The molecule has 0 saturated carbocycles. The number of thiazole rings is 1. The lowest BCUT2D eigenvalue weighted by molar-refractivity contribution is 0.0840. The van der Waals surface area contributed by atoms with Crippen molar-refractivity contribution in [3.63, 3.8) is 0 Å². The molecule has 1 fully saturated rings. The standard InChI is InChI=1S/C18H22N4O5S/c1-25-10-11-27-15-5-3-2-4-13(15)16(23)20-21-17(24)14-12-28-18(19-14)22-6-8-26-9-7-22/h2-5,12H,6-11H2,1H3,(H,20,23)(H,21,24). The van der Waals surface area contributed by atoms with Gasteiger partial charge in [-0.2, -0.15) is 0 Å². The van der Waals surface area contributed by atoms with Crippen LogP contribution < -0.4 is 20.5 Å². The quantitative estimate of drug-likeness (QED) is 0.524. The zero-order valence-corrected chi connectivity index (χ0v) is 16.3. The van der Waals surface area contributed by atoms with Gasteiger partial charge in [-0.1, -0.05) is 12.1 Å². The Morgan fingerprint density at radius 1 is 1.18 bits per heavy atom. The molecule has 3 rings (SSSR count). The molecule has 1 aromatic carbocycles. The predicted molar refractivity (Wildman–Crippen MR) is 104 cm³/mol. The number of methoxy groups -OCH3 is 1. The van der Waals surface area contributed by atoms with Crippen LogP contribution in [0.5, 0.6) is 5.75 Å². The number of hydrogen-bond acceptors (Lipinski definition) is 8. The average molecular weight is 406 g/mol. The number of morpholine rings is 1. The van der Waals surface area contributed by atoms with Crippen LogP contribution >= 0.6 is 11.3 Å². The number of nitrogens with zero attached hydrogens (tertiary/aromatic N) is 2. The molecule has 2 heterocycles. The minimum atomic E-state index is -0.484. The second-order valence-corrected chi connectivity index (χ2v) is 6.70. The van der Waals surface area contributed by atoms with Crippen LogP contribution in [0.1, 0.15) is 20.8 Å². The first-order valence-corrected chi connectivity index (χ1v) is 9.66. The second-order valence-electron chi connectivity index (χ2n) is 5.86. The summed E-state index contributed by atoms with van der Waals surface area (Å²) in [6, 6.07) is 6.78. The molecule has 2 amide bonds. The third-order valence-corrected chi connectivity index (χ3v) is 4.87. The van der Waals surface area contributed by atoms with E-state index >= 15 is 0 Å². The molecule has 28 heavy (non-hydrogen) atoms. The topological polar surface area (TPSA) is 102 Å². The number of carbonyl (C=O) groups is 2. The molecule has 0 aliphatic carbocycles. The van der Waals surface area contributed by atoms with Gasteiger partial charge < -0.3 is 19.1 Å². The van der Waals surface area contributed by atoms with Crippen LogP contribution in [-0.2, 0) is 9.47 Å². The van der Waals surface area contributed by atoms with Crippen molar-refractivity contribution in [3.8, 4) is 5.75 Å². The highest BCUT2D eigenvalue weighted by atomic mass is 32.1. The SMILES string of the molecule is COCCOc1ccccc1C(=O)NNC(=O)c1csc(N2CCOCC2)n1. The molecule has 0 unspecified atom stereocenters. The fourth-order valence-corrected chi connectivity index (χ4v) is 3.39. The summed E-state index contributed by atoms with van der Waals surface area (Å²) in [4.78, 5) is 31.1. The van der Waals surface area contributed by atoms with Crippen molar-refractivity contribution in [2.75, 3.05) is 51.5 Å². The van der Waals surface area contributed by atoms with Gasteiger partial charge in [0.1, 0.15) is 18.1 Å². The van der Waals surface area contributed by atoms with Gasteiger partial charge in [0, 0.05) is 25.6 Å². The molecule has 0 spiro atoms. The molecule has 2 N–H and O–H groups in total. The van der Waals surface area contributed by atoms with E-state index in [2.05, 4.69) is 20.7 Å². The van der Waals surface area contributed by atoms with E-state index in [-0.39, 0.29) is 5.69 Å². The van der Waals surface area contributed by atoms with Crippen molar-refractivity contribution in [3.05, 3.63) is 40.9 Å². The summed E-state index contributed by atoms with van der Waals surface area (Å²) < 4.78 is 15.8. The molecule has 1 aliphatic rings. The predicted octanol–water partition coefficient (Wildman–Crippen LogP) is 1.08. The molecular formula is C18H22N4O5S. The summed E-state index contributed by atoms with van der Waals surface area (Å²) in [5.74, 6) is -0.554. The number of para-hydroxylation sites is 1. The van der Waals surface area contributed by atoms with Crippen LogP contribution in [-0.4, -0.2) is 63.4 Å². The molecule has 0 atom stereocenters. The molecule has 9 nitrogen and oxygen atoms in total. The Labute approximate surface area is 166 Å². The van der Waals surface area contributed by atoms with Crippen molar-refractivity contribution in [2.45, 2.75) is 0 Å². The molecule has 0 radical (unpaired) electrons. The van der Waals surface area contributed by atoms with Gasteiger partial charge in [-0.3, -0.25) is 20.4 Å². The summed E-state index contributed by atoms with van der Waals surface area (Å²) in [7, 11) is 1.57. The summed E-state index contributed by atoms with van der Waals surface area (Å²) in [6.45, 7) is 3.49. The minimum Gasteiger partial charge on any atom is -0.490 e. The van der Waals surface area contributed by atoms with Gasteiger partial charge in [0.2, 0.25) is 0 Å². The van der Waals surface area contributed by atoms with Crippen LogP contribution in [0.15, 0.2) is 29.6 Å². The smallest absolute Gasteiger partial charge is 0.289 e. The molecule has 10 heteroatoms. The van der Waals surface area contributed by atoms with Crippen LogP contribution in [0, 0.1) is 0 Å². The van der Waals surface area contributed by atoms with Crippen LogP contribution in [0.3, 0.4) is 0 Å². The molecule has 1 aliphatic heterocycles. The Hall–Kier alpha value is -2.69. The number of amides is 2. The number of aromatic nitrogens is 1. The summed E-state index contributed by atoms with van der Waals surface area (Å²) in [5, 5.41) is 2.42. The maximum atomic E-state index is 12.4. The number of benzene rings is 1. The number of hydrazine groups is 1. The maximum Gasteiger partial charge on any atom is 0.289 e. The number of nitrogens with one attached hydrogen (secondary N) is 2. The van der Waals surface area contributed by atoms with Crippen LogP contribution in [0.4, 0.5) is 5.13 Å². The normalized spacial score (nSPS) is 13.8. The highest BCUT2D eigenvalue weighted by molar-refractivity contribution is 7.13. The summed E-state index contributed by atoms with van der Waals surface area (Å²) in [6.07, 6.45) is 0. The van der Waals surface area contributed by atoms with Crippen LogP contribution in [0.2, 0.25) is 0 Å². The second kappa shape index (κ2) is 10.0. The van der Waals surface area contributed by atoms with E-state index in [4.69, 9.17) is 14.2 Å². The molecular weight excluding hydrogens is 384 g/mol. The largest absolute Gasteiger partial charge is 0.490 e. The fourth-order valence-electron chi connectivity index (χ4n) is 2.53. The van der Waals surface area contributed by atoms with Gasteiger partial charge >= 0.3 is 0 Å². The van der Waals surface area contributed by atoms with E-state index in [1.54, 1.807) is 36.8 Å². The lowest BCUT2D eigenvalue weighted by Crippen LogP contribution is -2.42. The van der Waals surface area contributed by atoms with Gasteiger partial charge in [0.05, 0.1) is 25.4 Å². The Morgan fingerprint density at radius 2 is 1.93 bits per heavy atom. The van der Waals surface area contributed by atoms with E-state index in [9.17, 15) is 9.59 Å². The van der Waals surface area contributed by atoms with Crippen LogP contribution in [0.25, 0.3) is 0 Å². The monoisotopic (exact) mass is 406 g/mol. The number of hydrogen-bond donors (Lipinski definition) is 2. The molecule has 0 bridgehead atoms. The third-order valence-electron chi connectivity index (χ3n) is 3.97. The fraction of sp³-hybridized carbons (Fsp3) is 0.389. The van der Waals surface area contributed by atoms with Crippen molar-refractivity contribution in [2.24, 2.45) is 0 Å². The van der Waals surface area contributed by atoms with E-state index in [0.717, 1.165) is 18.2 Å². The maximum absolute atomic E-state index is 12.4. The Bertz CT molecular complexity index is 807. The zero-order valence-electron chi connectivity index (χ0n) is 15.5. The van der Waals surface area contributed by atoms with Gasteiger partial charge in [0.15, 0.2) is 5.13 Å². The summed E-state index contributed by atoms with van der Waals surface area (Å²) in [5.41, 5.74) is 5.35. The van der Waals surface area contributed by atoms with Gasteiger partial charge in [0.25, 0.3) is 11.8 Å². The first-order chi connectivity index (χ1) is 13.7. The lowest BCUT2D eigenvalue weighted by atomic mass is 10.2. The number of ether oxygens (including phenoxy) is 3. The number of rotatable bonds is 7. The summed E-state index contributed by atoms with van der Waals surface area (Å²) >= 11 is 1.38. The van der Waals surface area contributed by atoms with Gasteiger partial charge in [-0.05, 0) is 12.1 Å². The van der Waals surface area contributed by atoms with Crippen molar-refractivity contribution in [1.29, 1.82) is 0 Å². The van der Waals surface area contributed by atoms with Crippen molar-refractivity contribution >= 4 is 28.3 Å². The minimum absolute atomic E-state index is 0.247. The third kappa shape index (κ3) is 5.18. The molecule has 150 valence electrons. The van der Waals surface area contributed by atoms with E-state index in [1.165, 1.54) is 11.3 Å². The first-order valence-electron chi connectivity index (χ1n) is 8.78. The van der Waals surface area contributed by atoms with E-state index in [0.29, 0.717) is 37.7 Å². The molecule has 1 saturated heterocycles. The Morgan fingerprint density at radius 3 is 2.71 bits per heavy atom. The number of carbonyl (C=O) groups excluding carboxylic acids is 2. The van der Waals surface area contributed by atoms with E-state index < -0.39 is 11.8 Å². The highest BCUT2D eigenvalue weighted by Gasteiger charge is 2.18. The van der Waals surface area contributed by atoms with Gasteiger partial charge in [-0.25, -0.2) is 4.98 Å². The zero-order chi connectivity index (χ0) is 19.8.